The van der Waals surface area contributed by atoms with Crippen molar-refractivity contribution in [2.24, 2.45) is 0 Å². The number of hydrogen-bond donors (Lipinski definition) is 0. The largest absolute Gasteiger partial charge is 0.492 e. The number of nitrogens with zero attached hydrogens (tertiary/aromatic N) is 1. The predicted molar refractivity (Wildman–Crippen MR) is 40.4 cm³/mol. The summed E-state index contributed by atoms with van der Waals surface area (Å²) in [7, 11) is 1.13. The van der Waals surface area contributed by atoms with Gasteiger partial charge >= 0.3 is 0 Å². The Hall–Kier alpha value is -1.26. The zero-order chi connectivity index (χ0) is 10.0. The topological polar surface area (TPSA) is 22.1 Å². The Balaban J connectivity index is 3.29. The molecule has 5 heteroatoms. The molecule has 0 aliphatic rings. The molecular weight excluding hydrogens is 183 g/mol. The zero-order valence-electron chi connectivity index (χ0n) is 7.14. The summed E-state index contributed by atoms with van der Waals surface area (Å²) in [6.45, 7) is 1.44. The van der Waals surface area contributed by atoms with Crippen molar-refractivity contribution in [3.05, 3.63) is 23.3 Å². The van der Waals surface area contributed by atoms with E-state index in [-0.39, 0.29) is 5.69 Å². The molecular formula is C8H8F3NO. The van der Waals surface area contributed by atoms with E-state index in [0.29, 0.717) is 0 Å². The van der Waals surface area contributed by atoms with E-state index in [4.69, 9.17) is 0 Å². The predicted octanol–water partition coefficient (Wildman–Crippen LogP) is 2.48. The van der Waals surface area contributed by atoms with Crippen LogP contribution in [0.5, 0.6) is 5.75 Å². The fourth-order valence-electron chi connectivity index (χ4n) is 1.01. The van der Waals surface area contributed by atoms with Gasteiger partial charge in [0.1, 0.15) is 0 Å². The number of methoxy groups -OCH3 is 1. The van der Waals surface area contributed by atoms with Gasteiger partial charge in [-0.1, -0.05) is 0 Å². The van der Waals surface area contributed by atoms with E-state index >= 15 is 0 Å². The summed E-state index contributed by atoms with van der Waals surface area (Å²) in [5.74, 6) is -1.49. The standard InChI is InChI=1S/C8H8F3NO/c1-4-3-5(7(9)10)6(13-2)8(11)12-4/h3,7H,1-2H3. The normalized spacial score (nSPS) is 10.6. The monoisotopic (exact) mass is 191 g/mol. The lowest BCUT2D eigenvalue weighted by Gasteiger charge is -2.08. The van der Waals surface area contributed by atoms with E-state index in [9.17, 15) is 13.2 Å². The molecule has 0 fully saturated rings. The van der Waals surface area contributed by atoms with Crippen LogP contribution in [-0.2, 0) is 0 Å². The van der Waals surface area contributed by atoms with Crippen LogP contribution in [0, 0.1) is 12.9 Å². The molecule has 0 amide bonds. The number of pyridine rings is 1. The van der Waals surface area contributed by atoms with Crippen LogP contribution in [0.25, 0.3) is 0 Å². The maximum atomic E-state index is 12.9. The van der Waals surface area contributed by atoms with Gasteiger partial charge in [-0.25, -0.2) is 13.8 Å². The Morgan fingerprint density at radius 3 is 2.54 bits per heavy atom. The Kier molecular flexibility index (Phi) is 2.75. The molecule has 1 aromatic rings. The van der Waals surface area contributed by atoms with E-state index in [0.717, 1.165) is 13.2 Å². The van der Waals surface area contributed by atoms with E-state index < -0.39 is 23.7 Å². The molecule has 0 aromatic carbocycles. The molecule has 1 rings (SSSR count). The Morgan fingerprint density at radius 1 is 1.46 bits per heavy atom. The van der Waals surface area contributed by atoms with Crippen molar-refractivity contribution in [1.82, 2.24) is 4.98 Å². The summed E-state index contributed by atoms with van der Waals surface area (Å²) in [5.41, 5.74) is -0.263. The van der Waals surface area contributed by atoms with Gasteiger partial charge in [0, 0.05) is 5.69 Å². The summed E-state index contributed by atoms with van der Waals surface area (Å²) < 4.78 is 42.0. The van der Waals surface area contributed by atoms with E-state index in [1.54, 1.807) is 0 Å². The highest BCUT2D eigenvalue weighted by atomic mass is 19.3. The number of rotatable bonds is 2. The highest BCUT2D eigenvalue weighted by Gasteiger charge is 2.19. The first-order valence-electron chi connectivity index (χ1n) is 3.55. The third-order valence-corrected chi connectivity index (χ3v) is 1.53. The van der Waals surface area contributed by atoms with Crippen molar-refractivity contribution in [1.29, 1.82) is 0 Å². The number of hydrogen-bond acceptors (Lipinski definition) is 2. The average Bonchev–Trinajstić information content (AvgIpc) is 2.02. The van der Waals surface area contributed by atoms with Crippen molar-refractivity contribution in [3.8, 4) is 5.75 Å². The average molecular weight is 191 g/mol. The van der Waals surface area contributed by atoms with E-state index in [2.05, 4.69) is 9.72 Å². The van der Waals surface area contributed by atoms with Crippen LogP contribution >= 0.6 is 0 Å². The second kappa shape index (κ2) is 3.64. The molecule has 0 radical (unpaired) electrons. The van der Waals surface area contributed by atoms with Crippen LogP contribution < -0.4 is 4.74 Å². The number of aromatic nitrogens is 1. The summed E-state index contributed by atoms with van der Waals surface area (Å²) in [4.78, 5) is 3.36. The molecule has 0 aliphatic heterocycles. The lowest BCUT2D eigenvalue weighted by molar-refractivity contribution is 0.145. The van der Waals surface area contributed by atoms with Gasteiger partial charge in [-0.3, -0.25) is 0 Å². The van der Waals surface area contributed by atoms with Crippen LogP contribution in [0.1, 0.15) is 17.7 Å². The third-order valence-electron chi connectivity index (χ3n) is 1.53. The fraction of sp³-hybridized carbons (Fsp3) is 0.375. The highest BCUT2D eigenvalue weighted by Crippen LogP contribution is 2.30. The molecule has 0 unspecified atom stereocenters. The molecule has 2 nitrogen and oxygen atoms in total. The molecule has 0 saturated carbocycles. The molecule has 0 saturated heterocycles. The van der Waals surface area contributed by atoms with Gasteiger partial charge < -0.3 is 4.74 Å². The smallest absolute Gasteiger partial charge is 0.267 e. The van der Waals surface area contributed by atoms with Crippen molar-refractivity contribution >= 4 is 0 Å². The SMILES string of the molecule is COc1c(C(F)F)cc(C)nc1F. The highest BCUT2D eigenvalue weighted by molar-refractivity contribution is 5.34. The van der Waals surface area contributed by atoms with E-state index in [1.807, 2.05) is 0 Å². The molecule has 72 valence electrons. The minimum Gasteiger partial charge on any atom is -0.492 e. The maximum absolute atomic E-state index is 12.9. The van der Waals surface area contributed by atoms with E-state index in [1.165, 1.54) is 6.92 Å². The fourth-order valence-corrected chi connectivity index (χ4v) is 1.01. The Labute approximate surface area is 73.4 Å². The Morgan fingerprint density at radius 2 is 2.08 bits per heavy atom. The van der Waals surface area contributed by atoms with Crippen molar-refractivity contribution in [2.75, 3.05) is 7.11 Å². The van der Waals surface area contributed by atoms with Gasteiger partial charge in [0.2, 0.25) is 0 Å². The summed E-state index contributed by atoms with van der Waals surface area (Å²) in [6.07, 6.45) is -2.76. The molecule has 1 aromatic heterocycles. The molecule has 0 spiro atoms. The first-order valence-corrected chi connectivity index (χ1v) is 3.55. The summed E-state index contributed by atoms with van der Waals surface area (Å²) in [6, 6.07) is 1.10. The molecule has 0 bridgehead atoms. The summed E-state index contributed by atoms with van der Waals surface area (Å²) in [5, 5.41) is 0. The lowest BCUT2D eigenvalue weighted by Crippen LogP contribution is -2.00. The van der Waals surface area contributed by atoms with Crippen molar-refractivity contribution in [3.63, 3.8) is 0 Å². The maximum Gasteiger partial charge on any atom is 0.267 e. The molecule has 0 atom stereocenters. The van der Waals surface area contributed by atoms with Crippen molar-refractivity contribution < 1.29 is 17.9 Å². The molecule has 0 aliphatic carbocycles. The molecule has 0 N–H and O–H groups in total. The number of ether oxygens (including phenoxy) is 1. The minimum absolute atomic E-state index is 0.202. The second-order valence-corrected chi connectivity index (χ2v) is 2.48. The Bertz CT molecular complexity index is 315. The zero-order valence-corrected chi connectivity index (χ0v) is 7.14. The first-order chi connectivity index (χ1) is 6.06. The minimum atomic E-state index is -2.76. The summed E-state index contributed by atoms with van der Waals surface area (Å²) >= 11 is 0. The first kappa shape index (κ1) is 9.83. The van der Waals surface area contributed by atoms with Crippen LogP contribution in [0.3, 0.4) is 0 Å². The lowest BCUT2D eigenvalue weighted by atomic mass is 10.2. The van der Waals surface area contributed by atoms with Gasteiger partial charge in [0.15, 0.2) is 5.75 Å². The van der Waals surface area contributed by atoms with Gasteiger partial charge in [0.25, 0.3) is 12.4 Å². The number of aryl methyl sites for hydroxylation is 1. The van der Waals surface area contributed by atoms with Gasteiger partial charge in [0.05, 0.1) is 12.7 Å². The van der Waals surface area contributed by atoms with Gasteiger partial charge in [-0.05, 0) is 13.0 Å². The molecule has 13 heavy (non-hydrogen) atoms. The quantitative estimate of drug-likeness (QED) is 0.670. The third kappa shape index (κ3) is 1.91. The van der Waals surface area contributed by atoms with Crippen LogP contribution in [0.2, 0.25) is 0 Å². The number of halogens is 3. The van der Waals surface area contributed by atoms with Crippen LogP contribution in [0.4, 0.5) is 13.2 Å². The van der Waals surface area contributed by atoms with Crippen molar-refractivity contribution in [2.45, 2.75) is 13.3 Å². The second-order valence-electron chi connectivity index (χ2n) is 2.48. The van der Waals surface area contributed by atoms with Crippen LogP contribution in [-0.4, -0.2) is 12.1 Å². The van der Waals surface area contributed by atoms with Gasteiger partial charge in [-0.15, -0.1) is 0 Å². The molecule has 1 heterocycles. The number of alkyl halides is 2. The van der Waals surface area contributed by atoms with Crippen LogP contribution in [0.15, 0.2) is 6.07 Å². The van der Waals surface area contributed by atoms with Gasteiger partial charge in [-0.2, -0.15) is 4.39 Å².